The molecular formula is C12H16O2. The lowest BCUT2D eigenvalue weighted by molar-refractivity contribution is 0.288. The van der Waals surface area contributed by atoms with Gasteiger partial charge in [0.1, 0.15) is 12.4 Å². The van der Waals surface area contributed by atoms with Crippen molar-refractivity contribution in [2.45, 2.75) is 12.8 Å². The average Bonchev–Trinajstić information content (AvgIpc) is 2.25. The van der Waals surface area contributed by atoms with E-state index >= 15 is 0 Å². The molecule has 0 unspecified atom stereocenters. The van der Waals surface area contributed by atoms with Crippen molar-refractivity contribution in [3.05, 3.63) is 42.5 Å². The zero-order chi connectivity index (χ0) is 10.2. The molecule has 0 spiro atoms. The summed E-state index contributed by atoms with van der Waals surface area (Å²) in [6.45, 7) is 4.36. The lowest BCUT2D eigenvalue weighted by atomic mass is 10.1. The van der Waals surface area contributed by atoms with Crippen LogP contribution in [0.3, 0.4) is 0 Å². The van der Waals surface area contributed by atoms with Crippen LogP contribution in [0.1, 0.15) is 12.0 Å². The van der Waals surface area contributed by atoms with Gasteiger partial charge in [0.2, 0.25) is 0 Å². The second kappa shape index (κ2) is 6.22. The standard InChI is InChI=1S/C12H16O2/c1-2-10-14-12-7-5-11(6-8-12)4-3-9-13/h2,5-8,13H,1,3-4,9-10H2. The molecule has 0 aliphatic heterocycles. The summed E-state index contributed by atoms with van der Waals surface area (Å²) in [5.41, 5.74) is 1.23. The molecule has 0 aromatic heterocycles. The van der Waals surface area contributed by atoms with E-state index in [0.29, 0.717) is 6.61 Å². The fourth-order valence-corrected chi connectivity index (χ4v) is 1.19. The molecule has 0 saturated heterocycles. The minimum Gasteiger partial charge on any atom is -0.490 e. The number of ether oxygens (including phenoxy) is 1. The summed E-state index contributed by atoms with van der Waals surface area (Å²) in [5.74, 6) is 0.859. The summed E-state index contributed by atoms with van der Waals surface area (Å²) in [6.07, 6.45) is 3.45. The summed E-state index contributed by atoms with van der Waals surface area (Å²) < 4.78 is 5.35. The predicted octanol–water partition coefficient (Wildman–Crippen LogP) is 2.18. The van der Waals surface area contributed by atoms with Gasteiger partial charge in [-0.3, -0.25) is 0 Å². The summed E-state index contributed by atoms with van der Waals surface area (Å²) in [6, 6.07) is 7.93. The highest BCUT2D eigenvalue weighted by atomic mass is 16.5. The smallest absolute Gasteiger partial charge is 0.119 e. The van der Waals surface area contributed by atoms with Crippen LogP contribution in [0.15, 0.2) is 36.9 Å². The van der Waals surface area contributed by atoms with Crippen molar-refractivity contribution < 1.29 is 9.84 Å². The van der Waals surface area contributed by atoms with Gasteiger partial charge in [0.25, 0.3) is 0 Å². The Morgan fingerprint density at radius 2 is 2.00 bits per heavy atom. The molecular weight excluding hydrogens is 176 g/mol. The average molecular weight is 192 g/mol. The second-order valence-electron chi connectivity index (χ2n) is 3.07. The van der Waals surface area contributed by atoms with Crippen LogP contribution < -0.4 is 4.74 Å². The Bertz CT molecular complexity index is 264. The SMILES string of the molecule is C=CCOc1ccc(CCCO)cc1. The van der Waals surface area contributed by atoms with Crippen molar-refractivity contribution in [1.29, 1.82) is 0 Å². The number of aliphatic hydroxyl groups excluding tert-OH is 1. The second-order valence-corrected chi connectivity index (χ2v) is 3.07. The van der Waals surface area contributed by atoms with E-state index < -0.39 is 0 Å². The molecule has 1 N–H and O–H groups in total. The molecule has 14 heavy (non-hydrogen) atoms. The first kappa shape index (κ1) is 10.8. The van der Waals surface area contributed by atoms with Crippen molar-refractivity contribution in [3.63, 3.8) is 0 Å². The topological polar surface area (TPSA) is 29.5 Å². The number of aryl methyl sites for hydroxylation is 1. The van der Waals surface area contributed by atoms with Crippen LogP contribution >= 0.6 is 0 Å². The highest BCUT2D eigenvalue weighted by molar-refractivity contribution is 5.27. The molecule has 0 bridgehead atoms. The van der Waals surface area contributed by atoms with Crippen molar-refractivity contribution in [3.8, 4) is 5.75 Å². The molecule has 0 aliphatic rings. The molecule has 0 fully saturated rings. The van der Waals surface area contributed by atoms with E-state index in [2.05, 4.69) is 6.58 Å². The van der Waals surface area contributed by atoms with E-state index in [1.54, 1.807) is 6.08 Å². The fourth-order valence-electron chi connectivity index (χ4n) is 1.19. The number of rotatable bonds is 6. The van der Waals surface area contributed by atoms with Gasteiger partial charge in [-0.05, 0) is 30.5 Å². The third-order valence-electron chi connectivity index (χ3n) is 1.91. The van der Waals surface area contributed by atoms with Crippen LogP contribution in [0.4, 0.5) is 0 Å². The maximum Gasteiger partial charge on any atom is 0.119 e. The first-order chi connectivity index (χ1) is 6.86. The van der Waals surface area contributed by atoms with Crippen LogP contribution in [0.5, 0.6) is 5.75 Å². The number of aliphatic hydroxyl groups is 1. The maximum atomic E-state index is 8.66. The largest absolute Gasteiger partial charge is 0.490 e. The lowest BCUT2D eigenvalue weighted by Crippen LogP contribution is -1.93. The Balaban J connectivity index is 2.46. The van der Waals surface area contributed by atoms with E-state index in [1.165, 1.54) is 5.56 Å². The summed E-state index contributed by atoms with van der Waals surface area (Å²) in [5, 5.41) is 8.66. The fraction of sp³-hybridized carbons (Fsp3) is 0.333. The number of benzene rings is 1. The van der Waals surface area contributed by atoms with Crippen LogP contribution in [0.2, 0.25) is 0 Å². The lowest BCUT2D eigenvalue weighted by Gasteiger charge is -2.04. The summed E-state index contributed by atoms with van der Waals surface area (Å²) in [7, 11) is 0. The molecule has 0 heterocycles. The quantitative estimate of drug-likeness (QED) is 0.700. The highest BCUT2D eigenvalue weighted by Gasteiger charge is 1.94. The summed E-state index contributed by atoms with van der Waals surface area (Å²) in [4.78, 5) is 0. The summed E-state index contributed by atoms with van der Waals surface area (Å²) >= 11 is 0. The highest BCUT2D eigenvalue weighted by Crippen LogP contribution is 2.13. The van der Waals surface area contributed by atoms with Gasteiger partial charge < -0.3 is 9.84 Å². The molecule has 1 aromatic carbocycles. The Hall–Kier alpha value is -1.28. The van der Waals surface area contributed by atoms with E-state index in [9.17, 15) is 0 Å². The zero-order valence-corrected chi connectivity index (χ0v) is 8.28. The van der Waals surface area contributed by atoms with Crippen LogP contribution in [-0.4, -0.2) is 18.3 Å². The molecule has 0 amide bonds. The molecule has 0 radical (unpaired) electrons. The molecule has 2 nitrogen and oxygen atoms in total. The van der Waals surface area contributed by atoms with Gasteiger partial charge in [-0.2, -0.15) is 0 Å². The van der Waals surface area contributed by atoms with Gasteiger partial charge in [0, 0.05) is 6.61 Å². The van der Waals surface area contributed by atoms with E-state index in [0.717, 1.165) is 18.6 Å². The molecule has 1 rings (SSSR count). The third-order valence-corrected chi connectivity index (χ3v) is 1.91. The van der Waals surface area contributed by atoms with E-state index in [1.807, 2.05) is 24.3 Å². The first-order valence-corrected chi connectivity index (χ1v) is 4.80. The van der Waals surface area contributed by atoms with Gasteiger partial charge in [-0.15, -0.1) is 0 Å². The Labute approximate surface area is 84.8 Å². The van der Waals surface area contributed by atoms with Gasteiger partial charge in [-0.1, -0.05) is 24.8 Å². The van der Waals surface area contributed by atoms with Crippen molar-refractivity contribution in [1.82, 2.24) is 0 Å². The Kier molecular flexibility index (Phi) is 4.79. The number of hydrogen-bond acceptors (Lipinski definition) is 2. The Morgan fingerprint density at radius 3 is 2.57 bits per heavy atom. The number of hydrogen-bond donors (Lipinski definition) is 1. The van der Waals surface area contributed by atoms with Crippen LogP contribution in [0.25, 0.3) is 0 Å². The van der Waals surface area contributed by atoms with Crippen molar-refractivity contribution >= 4 is 0 Å². The Morgan fingerprint density at radius 1 is 1.29 bits per heavy atom. The van der Waals surface area contributed by atoms with E-state index in [4.69, 9.17) is 9.84 Å². The molecule has 2 heteroatoms. The minimum atomic E-state index is 0.245. The zero-order valence-electron chi connectivity index (χ0n) is 8.28. The molecule has 0 aliphatic carbocycles. The molecule has 1 aromatic rings. The van der Waals surface area contributed by atoms with Gasteiger partial charge in [0.15, 0.2) is 0 Å². The third kappa shape index (κ3) is 3.62. The predicted molar refractivity (Wildman–Crippen MR) is 57.5 cm³/mol. The van der Waals surface area contributed by atoms with Crippen molar-refractivity contribution in [2.75, 3.05) is 13.2 Å². The molecule has 76 valence electrons. The molecule has 0 saturated carbocycles. The van der Waals surface area contributed by atoms with Gasteiger partial charge >= 0.3 is 0 Å². The first-order valence-electron chi connectivity index (χ1n) is 4.80. The molecule has 0 atom stereocenters. The van der Waals surface area contributed by atoms with Crippen LogP contribution in [-0.2, 0) is 6.42 Å². The minimum absolute atomic E-state index is 0.245. The van der Waals surface area contributed by atoms with Gasteiger partial charge in [-0.25, -0.2) is 0 Å². The van der Waals surface area contributed by atoms with Crippen molar-refractivity contribution in [2.24, 2.45) is 0 Å². The van der Waals surface area contributed by atoms with Crippen LogP contribution in [0, 0.1) is 0 Å². The monoisotopic (exact) mass is 192 g/mol. The maximum absolute atomic E-state index is 8.66. The van der Waals surface area contributed by atoms with Gasteiger partial charge in [0.05, 0.1) is 0 Å². The van der Waals surface area contributed by atoms with E-state index in [-0.39, 0.29) is 6.61 Å². The normalized spacial score (nSPS) is 9.79.